The van der Waals surface area contributed by atoms with Gasteiger partial charge in [0.05, 0.1) is 0 Å². The van der Waals surface area contributed by atoms with Crippen LogP contribution in [0.4, 0.5) is 4.79 Å². The molecule has 0 aliphatic heterocycles. The molecule has 0 heterocycles. The lowest BCUT2D eigenvalue weighted by Crippen LogP contribution is -2.24. The minimum absolute atomic E-state index is 0.109. The summed E-state index contributed by atoms with van der Waals surface area (Å²) >= 11 is 0. The molecular formula is C13H15NO2. The van der Waals surface area contributed by atoms with Crippen LogP contribution in [0.15, 0.2) is 35.9 Å². The predicted molar refractivity (Wildman–Crippen MR) is 63.1 cm³/mol. The molecule has 2 unspecified atom stereocenters. The fourth-order valence-electron chi connectivity index (χ4n) is 1.94. The molecule has 3 heteroatoms. The molecule has 0 spiro atoms. The van der Waals surface area contributed by atoms with Gasteiger partial charge in [-0.1, -0.05) is 42.0 Å². The van der Waals surface area contributed by atoms with Gasteiger partial charge < -0.3 is 10.4 Å². The molecule has 0 saturated heterocycles. The highest BCUT2D eigenvalue weighted by atomic mass is 16.4. The Bertz CT molecular complexity index is 411. The van der Waals surface area contributed by atoms with E-state index in [0.29, 0.717) is 5.92 Å². The third-order valence-electron chi connectivity index (χ3n) is 2.88. The summed E-state index contributed by atoms with van der Waals surface area (Å²) in [6.45, 7) is 2.06. The van der Waals surface area contributed by atoms with E-state index in [4.69, 9.17) is 5.11 Å². The van der Waals surface area contributed by atoms with Crippen LogP contribution in [-0.2, 0) is 0 Å². The summed E-state index contributed by atoms with van der Waals surface area (Å²) in [4.78, 5) is 10.4. The Hall–Kier alpha value is -1.77. The Morgan fingerprint density at radius 3 is 2.75 bits per heavy atom. The van der Waals surface area contributed by atoms with Gasteiger partial charge in [0.2, 0.25) is 0 Å². The van der Waals surface area contributed by atoms with Crippen LogP contribution in [0.3, 0.4) is 0 Å². The minimum Gasteiger partial charge on any atom is -0.465 e. The van der Waals surface area contributed by atoms with Gasteiger partial charge in [0.15, 0.2) is 0 Å². The predicted octanol–water partition coefficient (Wildman–Crippen LogP) is 2.75. The quantitative estimate of drug-likeness (QED) is 0.817. The average molecular weight is 217 g/mol. The summed E-state index contributed by atoms with van der Waals surface area (Å²) in [6.07, 6.45) is 2.11. The highest BCUT2D eigenvalue weighted by Gasteiger charge is 2.39. The van der Waals surface area contributed by atoms with E-state index in [1.165, 1.54) is 11.1 Å². The van der Waals surface area contributed by atoms with Gasteiger partial charge in [0.25, 0.3) is 0 Å². The fourth-order valence-corrected chi connectivity index (χ4v) is 1.94. The van der Waals surface area contributed by atoms with E-state index in [-0.39, 0.29) is 6.04 Å². The van der Waals surface area contributed by atoms with Crippen molar-refractivity contribution < 1.29 is 9.90 Å². The first kappa shape index (κ1) is 10.7. The molecule has 2 N–H and O–H groups in total. The molecule has 1 saturated carbocycles. The number of benzene rings is 1. The van der Waals surface area contributed by atoms with Crippen molar-refractivity contribution >= 4 is 12.2 Å². The Balaban J connectivity index is 1.97. The molecule has 16 heavy (non-hydrogen) atoms. The van der Waals surface area contributed by atoms with E-state index < -0.39 is 6.09 Å². The van der Waals surface area contributed by atoms with Crippen molar-refractivity contribution in [2.24, 2.45) is 5.92 Å². The van der Waals surface area contributed by atoms with Gasteiger partial charge in [-0.2, -0.15) is 0 Å². The molecule has 1 aliphatic carbocycles. The lowest BCUT2D eigenvalue weighted by molar-refractivity contribution is 0.193. The van der Waals surface area contributed by atoms with Crippen LogP contribution in [-0.4, -0.2) is 17.2 Å². The summed E-state index contributed by atoms with van der Waals surface area (Å²) in [5.41, 5.74) is 2.41. The van der Waals surface area contributed by atoms with Crippen molar-refractivity contribution in [3.63, 3.8) is 0 Å². The first-order valence-corrected chi connectivity index (χ1v) is 5.39. The van der Waals surface area contributed by atoms with E-state index in [9.17, 15) is 4.79 Å². The zero-order chi connectivity index (χ0) is 11.5. The smallest absolute Gasteiger partial charge is 0.404 e. The molecule has 1 aromatic carbocycles. The van der Waals surface area contributed by atoms with E-state index in [0.717, 1.165) is 6.42 Å². The number of hydrogen-bond acceptors (Lipinski definition) is 1. The number of amides is 1. The maximum atomic E-state index is 10.4. The van der Waals surface area contributed by atoms with Crippen molar-refractivity contribution in [3.8, 4) is 0 Å². The Labute approximate surface area is 94.8 Å². The van der Waals surface area contributed by atoms with Crippen molar-refractivity contribution in [2.75, 3.05) is 0 Å². The van der Waals surface area contributed by atoms with Gasteiger partial charge in [0, 0.05) is 12.0 Å². The zero-order valence-corrected chi connectivity index (χ0v) is 9.18. The fraction of sp³-hybridized carbons (Fsp3) is 0.308. The minimum atomic E-state index is -0.931. The molecule has 0 bridgehead atoms. The van der Waals surface area contributed by atoms with Crippen molar-refractivity contribution in [1.29, 1.82) is 0 Å². The number of carboxylic acid groups (broad SMARTS) is 1. The normalized spacial score (nSPS) is 23.9. The van der Waals surface area contributed by atoms with Crippen LogP contribution >= 0.6 is 0 Å². The first-order chi connectivity index (χ1) is 7.66. The second-order valence-electron chi connectivity index (χ2n) is 4.20. The van der Waals surface area contributed by atoms with Crippen molar-refractivity contribution in [1.82, 2.24) is 5.32 Å². The second kappa shape index (κ2) is 4.39. The van der Waals surface area contributed by atoms with E-state index >= 15 is 0 Å². The summed E-state index contributed by atoms with van der Waals surface area (Å²) in [5.74, 6) is 0.372. The molecule has 0 aromatic heterocycles. The number of carbonyl (C=O) groups is 1. The maximum absolute atomic E-state index is 10.4. The summed E-state index contributed by atoms with van der Waals surface area (Å²) < 4.78 is 0. The molecule has 1 aliphatic rings. The molecule has 0 radical (unpaired) electrons. The topological polar surface area (TPSA) is 49.3 Å². The maximum Gasteiger partial charge on any atom is 0.404 e. The Morgan fingerprint density at radius 2 is 2.12 bits per heavy atom. The van der Waals surface area contributed by atoms with Gasteiger partial charge in [-0.25, -0.2) is 4.79 Å². The zero-order valence-electron chi connectivity index (χ0n) is 9.18. The highest BCUT2D eigenvalue weighted by Crippen LogP contribution is 2.37. The molecule has 84 valence electrons. The summed E-state index contributed by atoms with van der Waals surface area (Å²) in [6, 6.07) is 10.2. The standard InChI is InChI=1S/C13H15NO2/c1-9(7-10-5-3-2-4-6-10)11-8-12(11)14-13(15)16/h2-7,11-12,14H,8H2,1H3,(H,15,16)/b9-7+. The van der Waals surface area contributed by atoms with Crippen LogP contribution < -0.4 is 5.32 Å². The Kier molecular flexibility index (Phi) is 2.95. The average Bonchev–Trinajstić information content (AvgIpc) is 2.97. The molecule has 1 amide bonds. The number of nitrogens with one attached hydrogen (secondary N) is 1. The number of hydrogen-bond donors (Lipinski definition) is 2. The lowest BCUT2D eigenvalue weighted by atomic mass is 10.1. The van der Waals surface area contributed by atoms with Crippen molar-refractivity contribution in [2.45, 2.75) is 19.4 Å². The summed E-state index contributed by atoms with van der Waals surface area (Å²) in [7, 11) is 0. The van der Waals surface area contributed by atoms with Crippen molar-refractivity contribution in [3.05, 3.63) is 41.5 Å². The third-order valence-corrected chi connectivity index (χ3v) is 2.88. The Morgan fingerprint density at radius 1 is 1.44 bits per heavy atom. The van der Waals surface area contributed by atoms with Crippen LogP contribution in [0.2, 0.25) is 0 Å². The highest BCUT2D eigenvalue weighted by molar-refractivity contribution is 5.66. The largest absolute Gasteiger partial charge is 0.465 e. The van der Waals surface area contributed by atoms with Gasteiger partial charge in [-0.15, -0.1) is 0 Å². The summed E-state index contributed by atoms with van der Waals surface area (Å²) in [5, 5.41) is 11.1. The number of rotatable bonds is 3. The monoisotopic (exact) mass is 217 g/mol. The third kappa shape index (κ3) is 2.63. The van der Waals surface area contributed by atoms with Crippen LogP contribution in [0.25, 0.3) is 6.08 Å². The van der Waals surface area contributed by atoms with E-state index in [2.05, 4.69) is 18.3 Å². The van der Waals surface area contributed by atoms with E-state index in [1.807, 2.05) is 30.3 Å². The molecule has 1 aromatic rings. The molecular weight excluding hydrogens is 202 g/mol. The van der Waals surface area contributed by atoms with Gasteiger partial charge in [0.1, 0.15) is 0 Å². The molecule has 2 atom stereocenters. The molecule has 3 nitrogen and oxygen atoms in total. The molecule has 1 fully saturated rings. The van der Waals surface area contributed by atoms with Gasteiger partial charge in [-0.05, 0) is 18.9 Å². The van der Waals surface area contributed by atoms with Crippen LogP contribution in [0.1, 0.15) is 18.9 Å². The molecule has 2 rings (SSSR count). The SMILES string of the molecule is C/C(=C\c1ccccc1)C1CC1NC(=O)O. The lowest BCUT2D eigenvalue weighted by Gasteiger charge is -2.01. The van der Waals surface area contributed by atoms with Gasteiger partial charge >= 0.3 is 6.09 Å². The van der Waals surface area contributed by atoms with Crippen LogP contribution in [0.5, 0.6) is 0 Å². The first-order valence-electron chi connectivity index (χ1n) is 5.39. The second-order valence-corrected chi connectivity index (χ2v) is 4.20. The van der Waals surface area contributed by atoms with E-state index in [1.54, 1.807) is 0 Å². The van der Waals surface area contributed by atoms with Crippen LogP contribution in [0, 0.1) is 5.92 Å². The van der Waals surface area contributed by atoms with Gasteiger partial charge in [-0.3, -0.25) is 0 Å².